The van der Waals surface area contributed by atoms with Gasteiger partial charge in [0.2, 0.25) is 11.7 Å². The number of nitrogens with zero attached hydrogens (tertiary/aromatic N) is 4. The minimum Gasteiger partial charge on any atom is -0.493 e. The molecular weight excluding hydrogens is 338 g/mol. The summed E-state index contributed by atoms with van der Waals surface area (Å²) < 4.78 is 13.8. The molecule has 0 fully saturated rings. The van der Waals surface area contributed by atoms with Crippen molar-refractivity contribution in [3.8, 4) is 11.5 Å². The van der Waals surface area contributed by atoms with Crippen LogP contribution in [0.15, 0.2) is 29.3 Å². The Labute approximate surface area is 148 Å². The van der Waals surface area contributed by atoms with E-state index < -0.39 is 5.92 Å². The second-order valence-electron chi connectivity index (χ2n) is 5.99. The number of carbonyl (C=O) groups is 1. The van der Waals surface area contributed by atoms with E-state index >= 15 is 0 Å². The summed E-state index contributed by atoms with van der Waals surface area (Å²) in [5, 5.41) is 6.91. The number of ether oxygens (including phenoxy) is 2. The Kier molecular flexibility index (Phi) is 3.64. The van der Waals surface area contributed by atoms with Crippen LogP contribution in [0.3, 0.4) is 0 Å². The average molecular weight is 355 g/mol. The molecule has 0 saturated heterocycles. The fourth-order valence-electron chi connectivity index (χ4n) is 3.47. The molecule has 2 aromatic heterocycles. The summed E-state index contributed by atoms with van der Waals surface area (Å²) in [5.41, 5.74) is 0.909. The Morgan fingerprint density at radius 3 is 2.77 bits per heavy atom. The fraction of sp³-hybridized carbons (Fsp3) is 0.294. The number of fused-ring (bicyclic) bond motifs is 3. The maximum absolute atomic E-state index is 13.0. The third-order valence-corrected chi connectivity index (χ3v) is 4.64. The highest BCUT2D eigenvalue weighted by atomic mass is 16.5. The summed E-state index contributed by atoms with van der Waals surface area (Å²) in [6.45, 7) is 0. The molecule has 0 aliphatic carbocycles. The highest BCUT2D eigenvalue weighted by Crippen LogP contribution is 2.42. The first-order valence-corrected chi connectivity index (χ1v) is 8.00. The number of rotatable bonds is 3. The van der Waals surface area contributed by atoms with E-state index in [9.17, 15) is 9.59 Å². The number of nitrogens with one attached hydrogen (secondary N) is 1. The number of hydrogen-bond acceptors (Lipinski definition) is 6. The van der Waals surface area contributed by atoms with Gasteiger partial charge in [-0.15, -0.1) is 0 Å². The number of carbonyl (C=O) groups excluding carboxylic acids is 1. The molecule has 0 spiro atoms. The zero-order valence-corrected chi connectivity index (χ0v) is 14.5. The molecule has 9 nitrogen and oxygen atoms in total. The standard InChI is InChI=1S/C17H17N5O4/c1-21-16(24)13-10(9-5-4-6-11(25-2)14(9)26-3)7-12(23)20-15(13)22-17(21)18-8-19-22/h4-6,8,10H,7H2,1-3H3,(H,20,23)/t10-/m0/s1. The minimum absolute atomic E-state index is 0.117. The lowest BCUT2D eigenvalue weighted by Crippen LogP contribution is -2.35. The SMILES string of the molecule is COc1cccc([C@@H]2CC(=O)Nc3c2c(=O)n(C)c2ncnn32)c1OC. The molecule has 0 bridgehead atoms. The topological polar surface area (TPSA) is 99.8 Å². The number of hydrogen-bond donors (Lipinski definition) is 1. The molecule has 0 saturated carbocycles. The van der Waals surface area contributed by atoms with Crippen LogP contribution in [0.25, 0.3) is 5.78 Å². The van der Waals surface area contributed by atoms with Gasteiger partial charge < -0.3 is 14.8 Å². The maximum Gasteiger partial charge on any atom is 0.260 e. The normalized spacial score (nSPS) is 16.3. The number of methoxy groups -OCH3 is 2. The predicted molar refractivity (Wildman–Crippen MR) is 92.9 cm³/mol. The van der Waals surface area contributed by atoms with Crippen LogP contribution >= 0.6 is 0 Å². The van der Waals surface area contributed by atoms with Crippen LogP contribution in [0, 0.1) is 0 Å². The van der Waals surface area contributed by atoms with E-state index in [4.69, 9.17) is 9.47 Å². The molecule has 26 heavy (non-hydrogen) atoms. The van der Waals surface area contributed by atoms with Crippen molar-refractivity contribution in [3.63, 3.8) is 0 Å². The van der Waals surface area contributed by atoms with Gasteiger partial charge in [-0.25, -0.2) is 0 Å². The average Bonchev–Trinajstić information content (AvgIpc) is 3.14. The van der Waals surface area contributed by atoms with Gasteiger partial charge in [0.25, 0.3) is 5.56 Å². The molecule has 1 aliphatic rings. The fourth-order valence-corrected chi connectivity index (χ4v) is 3.47. The van der Waals surface area contributed by atoms with Crippen molar-refractivity contribution in [1.82, 2.24) is 19.2 Å². The van der Waals surface area contributed by atoms with E-state index in [1.165, 1.54) is 22.5 Å². The van der Waals surface area contributed by atoms with E-state index in [0.29, 0.717) is 34.2 Å². The number of benzene rings is 1. The number of para-hydroxylation sites is 1. The van der Waals surface area contributed by atoms with Gasteiger partial charge in [-0.05, 0) is 6.07 Å². The van der Waals surface area contributed by atoms with Crippen LogP contribution in [0.4, 0.5) is 5.82 Å². The van der Waals surface area contributed by atoms with Crippen LogP contribution in [0.1, 0.15) is 23.5 Å². The second kappa shape index (κ2) is 5.87. The quantitative estimate of drug-likeness (QED) is 0.750. The lowest BCUT2D eigenvalue weighted by molar-refractivity contribution is -0.116. The summed E-state index contributed by atoms with van der Waals surface area (Å²) in [7, 11) is 4.70. The van der Waals surface area contributed by atoms with Gasteiger partial charge in [-0.3, -0.25) is 14.2 Å². The van der Waals surface area contributed by atoms with Crippen molar-refractivity contribution in [2.45, 2.75) is 12.3 Å². The van der Waals surface area contributed by atoms with Gasteiger partial charge in [-0.2, -0.15) is 14.6 Å². The largest absolute Gasteiger partial charge is 0.493 e. The van der Waals surface area contributed by atoms with Gasteiger partial charge >= 0.3 is 0 Å². The molecule has 4 rings (SSSR count). The highest BCUT2D eigenvalue weighted by molar-refractivity contribution is 5.94. The van der Waals surface area contributed by atoms with Gasteiger partial charge in [0.1, 0.15) is 12.1 Å². The molecule has 3 heterocycles. The molecule has 134 valence electrons. The molecule has 0 unspecified atom stereocenters. The maximum atomic E-state index is 13.0. The molecule has 0 radical (unpaired) electrons. The van der Waals surface area contributed by atoms with Crippen molar-refractivity contribution in [3.05, 3.63) is 46.0 Å². The smallest absolute Gasteiger partial charge is 0.260 e. The lowest BCUT2D eigenvalue weighted by atomic mass is 9.86. The first-order chi connectivity index (χ1) is 12.6. The molecule has 9 heteroatoms. The zero-order valence-electron chi connectivity index (χ0n) is 14.5. The van der Waals surface area contributed by atoms with Crippen LogP contribution in [0.5, 0.6) is 11.5 Å². The van der Waals surface area contributed by atoms with E-state index in [2.05, 4.69) is 15.4 Å². The van der Waals surface area contributed by atoms with E-state index in [-0.39, 0.29) is 17.9 Å². The van der Waals surface area contributed by atoms with Gasteiger partial charge in [0, 0.05) is 24.9 Å². The monoisotopic (exact) mass is 355 g/mol. The number of amides is 1. The first kappa shape index (κ1) is 16.1. The van der Waals surface area contributed by atoms with Gasteiger partial charge in [-0.1, -0.05) is 12.1 Å². The van der Waals surface area contributed by atoms with Crippen molar-refractivity contribution >= 4 is 17.5 Å². The Hall–Kier alpha value is -3.36. The molecule has 1 aromatic carbocycles. The molecule has 1 amide bonds. The number of aromatic nitrogens is 4. The summed E-state index contributed by atoms with van der Waals surface area (Å²) in [6, 6.07) is 5.41. The predicted octanol–water partition coefficient (Wildman–Crippen LogP) is 0.919. The Morgan fingerprint density at radius 2 is 2.04 bits per heavy atom. The third kappa shape index (κ3) is 2.17. The number of aryl methyl sites for hydroxylation is 1. The molecular formula is C17H17N5O4. The Balaban J connectivity index is 2.04. The Bertz CT molecular complexity index is 1080. The highest BCUT2D eigenvalue weighted by Gasteiger charge is 2.35. The van der Waals surface area contributed by atoms with E-state index in [1.807, 2.05) is 6.07 Å². The first-order valence-electron chi connectivity index (χ1n) is 8.00. The van der Waals surface area contributed by atoms with Crippen LogP contribution in [-0.2, 0) is 11.8 Å². The Morgan fingerprint density at radius 1 is 1.23 bits per heavy atom. The van der Waals surface area contributed by atoms with Gasteiger partial charge in [0.15, 0.2) is 11.5 Å². The van der Waals surface area contributed by atoms with Crippen LogP contribution in [0.2, 0.25) is 0 Å². The lowest BCUT2D eigenvalue weighted by Gasteiger charge is -2.27. The zero-order chi connectivity index (χ0) is 18.4. The minimum atomic E-state index is -0.490. The van der Waals surface area contributed by atoms with Crippen molar-refractivity contribution < 1.29 is 14.3 Å². The van der Waals surface area contributed by atoms with Crippen LogP contribution in [-0.4, -0.2) is 39.3 Å². The van der Waals surface area contributed by atoms with Crippen molar-refractivity contribution in [2.24, 2.45) is 7.05 Å². The van der Waals surface area contributed by atoms with Crippen molar-refractivity contribution in [2.75, 3.05) is 19.5 Å². The molecule has 1 N–H and O–H groups in total. The van der Waals surface area contributed by atoms with Crippen LogP contribution < -0.4 is 20.3 Å². The number of anilines is 1. The summed E-state index contributed by atoms with van der Waals surface area (Å²) in [6.07, 6.45) is 1.46. The molecule has 1 aliphatic heterocycles. The third-order valence-electron chi connectivity index (χ3n) is 4.64. The summed E-state index contributed by atoms with van der Waals surface area (Å²) >= 11 is 0. The second-order valence-corrected chi connectivity index (χ2v) is 5.99. The molecule has 1 atom stereocenters. The van der Waals surface area contributed by atoms with Crippen molar-refractivity contribution in [1.29, 1.82) is 0 Å². The van der Waals surface area contributed by atoms with E-state index in [1.54, 1.807) is 26.3 Å². The molecule has 3 aromatic rings. The van der Waals surface area contributed by atoms with Gasteiger partial charge in [0.05, 0.1) is 19.8 Å². The van der Waals surface area contributed by atoms with E-state index in [0.717, 1.165) is 0 Å². The summed E-state index contributed by atoms with van der Waals surface area (Å²) in [4.78, 5) is 29.5. The summed E-state index contributed by atoms with van der Waals surface area (Å²) in [5.74, 6) is 1.03.